The molecule has 1 saturated heterocycles. The Balaban J connectivity index is 1.37. The van der Waals surface area contributed by atoms with Crippen molar-refractivity contribution >= 4 is 23.4 Å². The van der Waals surface area contributed by atoms with Crippen LogP contribution in [-0.4, -0.2) is 61.2 Å². The number of alkyl halides is 2. The molecule has 30 heavy (non-hydrogen) atoms. The van der Waals surface area contributed by atoms with Crippen molar-refractivity contribution in [2.24, 2.45) is 0 Å². The van der Waals surface area contributed by atoms with Crippen LogP contribution >= 0.6 is 0 Å². The molecule has 1 aliphatic heterocycles. The minimum atomic E-state index is -2.94. The van der Waals surface area contributed by atoms with E-state index in [-0.39, 0.29) is 24.6 Å². The van der Waals surface area contributed by atoms with Crippen LogP contribution in [-0.2, 0) is 4.79 Å². The summed E-state index contributed by atoms with van der Waals surface area (Å²) in [5.41, 5.74) is 0.308. The second-order valence-corrected chi connectivity index (χ2v) is 6.59. The lowest BCUT2D eigenvalue weighted by Crippen LogP contribution is -2.49. The van der Waals surface area contributed by atoms with Crippen molar-refractivity contribution in [3.05, 3.63) is 48.7 Å². The van der Waals surface area contributed by atoms with Crippen LogP contribution in [0.15, 0.2) is 48.7 Å². The average Bonchev–Trinajstić information content (AvgIpc) is 2.74. The highest BCUT2D eigenvalue weighted by atomic mass is 19.3. The lowest BCUT2D eigenvalue weighted by atomic mass is 10.2. The zero-order valence-electron chi connectivity index (χ0n) is 16.3. The van der Waals surface area contributed by atoms with Gasteiger partial charge in [-0.05, 0) is 24.3 Å². The molecular weight excluding hydrogens is 396 g/mol. The number of benzene rings is 1. The molecular formula is C20H23F2N5O3. The number of anilines is 2. The maximum Gasteiger partial charge on any atom is 0.387 e. The Bertz CT molecular complexity index is 845. The Labute approximate surface area is 172 Å². The van der Waals surface area contributed by atoms with Gasteiger partial charge in [0.25, 0.3) is 0 Å². The summed E-state index contributed by atoms with van der Waals surface area (Å²) in [4.78, 5) is 32.5. The third-order valence-corrected chi connectivity index (χ3v) is 4.55. The van der Waals surface area contributed by atoms with Gasteiger partial charge < -0.3 is 25.2 Å². The summed E-state index contributed by atoms with van der Waals surface area (Å²) in [5.74, 6) is 0.803. The van der Waals surface area contributed by atoms with E-state index in [4.69, 9.17) is 0 Å². The molecule has 0 saturated carbocycles. The second kappa shape index (κ2) is 10.4. The van der Waals surface area contributed by atoms with Gasteiger partial charge in [0, 0.05) is 57.1 Å². The maximum absolute atomic E-state index is 12.4. The molecule has 0 spiro atoms. The SMILES string of the molecule is O=C(NCCC(=O)N1CCN(c2ccccn2)CC1)Nc1cccc(OC(F)F)c1. The predicted octanol–water partition coefficient (Wildman–Crippen LogP) is 2.54. The molecule has 0 unspecified atom stereocenters. The first-order valence-electron chi connectivity index (χ1n) is 9.55. The van der Waals surface area contributed by atoms with E-state index >= 15 is 0 Å². The van der Waals surface area contributed by atoms with E-state index in [0.29, 0.717) is 31.9 Å². The number of hydrogen-bond acceptors (Lipinski definition) is 5. The van der Waals surface area contributed by atoms with Crippen molar-refractivity contribution in [3.8, 4) is 5.75 Å². The molecule has 160 valence electrons. The van der Waals surface area contributed by atoms with Gasteiger partial charge in [-0.15, -0.1) is 0 Å². The van der Waals surface area contributed by atoms with Crippen LogP contribution in [0.5, 0.6) is 5.75 Å². The molecule has 0 radical (unpaired) electrons. The predicted molar refractivity (Wildman–Crippen MR) is 108 cm³/mol. The van der Waals surface area contributed by atoms with Gasteiger partial charge in [0.15, 0.2) is 0 Å². The number of halogens is 2. The highest BCUT2D eigenvalue weighted by Crippen LogP contribution is 2.19. The first kappa shape index (κ1) is 21.3. The lowest BCUT2D eigenvalue weighted by molar-refractivity contribution is -0.131. The molecule has 2 aromatic rings. The van der Waals surface area contributed by atoms with Crippen LogP contribution in [0.1, 0.15) is 6.42 Å². The monoisotopic (exact) mass is 419 g/mol. The Morgan fingerprint density at radius 2 is 1.90 bits per heavy atom. The summed E-state index contributed by atoms with van der Waals surface area (Å²) in [5, 5.41) is 5.11. The van der Waals surface area contributed by atoms with Crippen molar-refractivity contribution in [1.82, 2.24) is 15.2 Å². The van der Waals surface area contributed by atoms with E-state index in [2.05, 4.69) is 25.3 Å². The minimum Gasteiger partial charge on any atom is -0.435 e. The van der Waals surface area contributed by atoms with Gasteiger partial charge in [0.2, 0.25) is 5.91 Å². The number of ether oxygens (including phenoxy) is 1. The van der Waals surface area contributed by atoms with Gasteiger partial charge in [-0.1, -0.05) is 12.1 Å². The van der Waals surface area contributed by atoms with Gasteiger partial charge in [-0.25, -0.2) is 9.78 Å². The Hall–Kier alpha value is -3.43. The van der Waals surface area contributed by atoms with Crippen LogP contribution in [0.25, 0.3) is 0 Å². The molecule has 0 bridgehead atoms. The molecule has 1 fully saturated rings. The van der Waals surface area contributed by atoms with Crippen LogP contribution in [0.3, 0.4) is 0 Å². The molecule has 1 aliphatic rings. The number of carbonyl (C=O) groups excluding carboxylic acids is 2. The lowest BCUT2D eigenvalue weighted by Gasteiger charge is -2.35. The number of aromatic nitrogens is 1. The molecule has 2 heterocycles. The smallest absolute Gasteiger partial charge is 0.387 e. The van der Waals surface area contributed by atoms with Gasteiger partial charge in [-0.2, -0.15) is 8.78 Å². The van der Waals surface area contributed by atoms with E-state index < -0.39 is 12.6 Å². The van der Waals surface area contributed by atoms with Crippen molar-refractivity contribution in [3.63, 3.8) is 0 Å². The quantitative estimate of drug-likeness (QED) is 0.720. The number of pyridine rings is 1. The average molecular weight is 419 g/mol. The Morgan fingerprint density at radius 1 is 1.10 bits per heavy atom. The van der Waals surface area contributed by atoms with Crippen LogP contribution in [0, 0.1) is 0 Å². The number of hydrogen-bond donors (Lipinski definition) is 2. The van der Waals surface area contributed by atoms with Crippen molar-refractivity contribution in [2.75, 3.05) is 42.9 Å². The number of rotatable bonds is 7. The van der Waals surface area contributed by atoms with E-state index in [1.807, 2.05) is 18.2 Å². The molecule has 3 rings (SSSR count). The molecule has 2 N–H and O–H groups in total. The summed E-state index contributed by atoms with van der Waals surface area (Å²) in [6.07, 6.45) is 1.91. The third kappa shape index (κ3) is 6.29. The maximum atomic E-state index is 12.4. The number of amides is 3. The summed E-state index contributed by atoms with van der Waals surface area (Å²) in [6, 6.07) is 10.9. The number of nitrogens with one attached hydrogen (secondary N) is 2. The Kier molecular flexibility index (Phi) is 7.36. The summed E-state index contributed by atoms with van der Waals surface area (Å²) in [7, 11) is 0. The number of piperazine rings is 1. The molecule has 0 aliphatic carbocycles. The second-order valence-electron chi connectivity index (χ2n) is 6.59. The molecule has 1 aromatic carbocycles. The van der Waals surface area contributed by atoms with Crippen molar-refractivity contribution in [1.29, 1.82) is 0 Å². The first-order chi connectivity index (χ1) is 14.5. The third-order valence-electron chi connectivity index (χ3n) is 4.55. The summed E-state index contributed by atoms with van der Waals surface area (Å²) < 4.78 is 28.8. The van der Waals surface area contributed by atoms with Crippen LogP contribution in [0.2, 0.25) is 0 Å². The topological polar surface area (TPSA) is 86.8 Å². The van der Waals surface area contributed by atoms with E-state index in [0.717, 1.165) is 5.82 Å². The standard InChI is InChI=1S/C20H23F2N5O3/c21-19(22)30-16-5-3-4-15(14-16)25-20(29)24-9-7-18(28)27-12-10-26(11-13-27)17-6-1-2-8-23-17/h1-6,8,14,19H,7,9-13H2,(H2,24,25,29). The first-order valence-corrected chi connectivity index (χ1v) is 9.55. The zero-order chi connectivity index (χ0) is 21.3. The fourth-order valence-corrected chi connectivity index (χ4v) is 3.09. The summed E-state index contributed by atoms with van der Waals surface area (Å²) >= 11 is 0. The normalized spacial score (nSPS) is 13.8. The van der Waals surface area contributed by atoms with Gasteiger partial charge >= 0.3 is 12.6 Å². The molecule has 3 amide bonds. The van der Waals surface area contributed by atoms with Crippen molar-refractivity contribution in [2.45, 2.75) is 13.0 Å². The molecule has 0 atom stereocenters. The molecule has 1 aromatic heterocycles. The van der Waals surface area contributed by atoms with Crippen molar-refractivity contribution < 1.29 is 23.1 Å². The number of nitrogens with zero attached hydrogens (tertiary/aromatic N) is 3. The Morgan fingerprint density at radius 3 is 2.60 bits per heavy atom. The fraction of sp³-hybridized carbons (Fsp3) is 0.350. The number of carbonyl (C=O) groups is 2. The minimum absolute atomic E-state index is 0.0386. The van der Waals surface area contributed by atoms with Crippen LogP contribution in [0.4, 0.5) is 25.1 Å². The molecule has 10 heteroatoms. The largest absolute Gasteiger partial charge is 0.435 e. The van der Waals surface area contributed by atoms with Gasteiger partial charge in [0.05, 0.1) is 0 Å². The van der Waals surface area contributed by atoms with E-state index in [9.17, 15) is 18.4 Å². The zero-order valence-corrected chi connectivity index (χ0v) is 16.3. The highest BCUT2D eigenvalue weighted by molar-refractivity contribution is 5.89. The van der Waals surface area contributed by atoms with Gasteiger partial charge in [0.1, 0.15) is 11.6 Å². The fourth-order valence-electron chi connectivity index (χ4n) is 3.09. The number of urea groups is 1. The van der Waals surface area contributed by atoms with Crippen LogP contribution < -0.4 is 20.3 Å². The molecule has 8 nitrogen and oxygen atoms in total. The van der Waals surface area contributed by atoms with E-state index in [1.165, 1.54) is 18.2 Å². The highest BCUT2D eigenvalue weighted by Gasteiger charge is 2.21. The van der Waals surface area contributed by atoms with Gasteiger partial charge in [-0.3, -0.25) is 4.79 Å². The van der Waals surface area contributed by atoms with E-state index in [1.54, 1.807) is 17.2 Å². The summed E-state index contributed by atoms with van der Waals surface area (Å²) in [6.45, 7) is -0.178.